The van der Waals surface area contributed by atoms with Crippen molar-refractivity contribution in [3.05, 3.63) is 212 Å². The van der Waals surface area contributed by atoms with Gasteiger partial charge in [0.2, 0.25) is 0 Å². The lowest BCUT2D eigenvalue weighted by atomic mass is 9.91. The fraction of sp³-hybridized carbons (Fsp3) is 0. The van der Waals surface area contributed by atoms with Crippen LogP contribution in [0.4, 0.5) is 17.1 Å². The Labute approximate surface area is 299 Å². The molecule has 0 unspecified atom stereocenters. The molecule has 0 aliphatic rings. The van der Waals surface area contributed by atoms with Gasteiger partial charge in [0, 0.05) is 16.8 Å². The summed E-state index contributed by atoms with van der Waals surface area (Å²) in [6.07, 6.45) is 0. The normalized spacial score (nSPS) is 11.1. The quantitative estimate of drug-likeness (QED) is 0.166. The average Bonchev–Trinajstić information content (AvgIpc) is 3.22. The Hall–Kier alpha value is -6.70. The van der Waals surface area contributed by atoms with Gasteiger partial charge in [-0.15, -0.1) is 0 Å². The maximum Gasteiger partial charge on any atom is 0.0540 e. The first-order chi connectivity index (χ1) is 25.3. The van der Waals surface area contributed by atoms with Crippen molar-refractivity contribution >= 4 is 38.6 Å². The molecule has 51 heavy (non-hydrogen) atoms. The van der Waals surface area contributed by atoms with Gasteiger partial charge in [-0.1, -0.05) is 170 Å². The van der Waals surface area contributed by atoms with Crippen molar-refractivity contribution in [2.75, 3.05) is 4.90 Å². The largest absolute Gasteiger partial charge is 0.310 e. The number of benzene rings is 9. The summed E-state index contributed by atoms with van der Waals surface area (Å²) in [6.45, 7) is 0. The van der Waals surface area contributed by atoms with Crippen molar-refractivity contribution in [1.29, 1.82) is 0 Å². The minimum atomic E-state index is 1.11. The minimum absolute atomic E-state index is 1.11. The number of nitrogens with zero attached hydrogens (tertiary/aromatic N) is 1. The Balaban J connectivity index is 1.12. The second-order valence-electron chi connectivity index (χ2n) is 13.0. The molecule has 0 aromatic heterocycles. The third kappa shape index (κ3) is 5.96. The monoisotopic (exact) mass is 649 g/mol. The van der Waals surface area contributed by atoms with Crippen molar-refractivity contribution in [3.63, 3.8) is 0 Å². The second-order valence-corrected chi connectivity index (χ2v) is 13.0. The number of hydrogen-bond donors (Lipinski definition) is 0. The Morgan fingerprint density at radius 2 is 0.745 bits per heavy atom. The van der Waals surface area contributed by atoms with Gasteiger partial charge in [0.25, 0.3) is 0 Å². The molecular formula is C50H35N. The topological polar surface area (TPSA) is 3.24 Å². The molecule has 9 aromatic rings. The molecular weight excluding hydrogens is 615 g/mol. The minimum Gasteiger partial charge on any atom is -0.310 e. The van der Waals surface area contributed by atoms with Crippen LogP contribution in [-0.4, -0.2) is 0 Å². The van der Waals surface area contributed by atoms with E-state index in [1.54, 1.807) is 0 Å². The standard InChI is InChI=1S/C50H35N/c1-3-13-39(14-4-1)47-33-28-44(35-49(47)41-15-5-2-6-16-41)38-26-31-46(32-27-38)51(50-21-11-19-40-17-9-10-20-48(40)50)45-29-24-37(25-30-45)43-23-22-36-12-7-8-18-42(36)34-43/h1-35H. The summed E-state index contributed by atoms with van der Waals surface area (Å²) in [7, 11) is 0. The number of fused-ring (bicyclic) bond motifs is 2. The van der Waals surface area contributed by atoms with Gasteiger partial charge in [0.1, 0.15) is 0 Å². The van der Waals surface area contributed by atoms with Crippen LogP contribution in [-0.2, 0) is 0 Å². The first kappa shape index (κ1) is 30.4. The van der Waals surface area contributed by atoms with E-state index in [0.29, 0.717) is 0 Å². The van der Waals surface area contributed by atoms with E-state index in [1.165, 1.54) is 66.1 Å². The lowest BCUT2D eigenvalue weighted by Gasteiger charge is -2.27. The van der Waals surface area contributed by atoms with Gasteiger partial charge < -0.3 is 4.90 Å². The van der Waals surface area contributed by atoms with E-state index >= 15 is 0 Å². The molecule has 1 heteroatoms. The highest BCUT2D eigenvalue weighted by Gasteiger charge is 2.16. The third-order valence-corrected chi connectivity index (χ3v) is 9.86. The van der Waals surface area contributed by atoms with Gasteiger partial charge >= 0.3 is 0 Å². The molecule has 0 saturated heterocycles. The first-order valence-electron chi connectivity index (χ1n) is 17.5. The lowest BCUT2D eigenvalue weighted by Crippen LogP contribution is -2.10. The predicted octanol–water partition coefficient (Wildman–Crippen LogP) is 14.1. The van der Waals surface area contributed by atoms with Crippen LogP contribution in [0.2, 0.25) is 0 Å². The van der Waals surface area contributed by atoms with E-state index in [1.807, 2.05) is 0 Å². The molecule has 1 nitrogen and oxygen atoms in total. The van der Waals surface area contributed by atoms with E-state index in [4.69, 9.17) is 0 Å². The summed E-state index contributed by atoms with van der Waals surface area (Å²) < 4.78 is 0. The smallest absolute Gasteiger partial charge is 0.0540 e. The molecule has 0 aliphatic heterocycles. The Kier molecular flexibility index (Phi) is 7.92. The first-order valence-corrected chi connectivity index (χ1v) is 17.5. The van der Waals surface area contributed by atoms with Crippen molar-refractivity contribution in [2.45, 2.75) is 0 Å². The molecule has 0 aliphatic carbocycles. The average molecular weight is 650 g/mol. The highest BCUT2D eigenvalue weighted by molar-refractivity contribution is 5.99. The Morgan fingerprint density at radius 1 is 0.255 bits per heavy atom. The Bertz CT molecular complexity index is 2600. The van der Waals surface area contributed by atoms with Crippen molar-refractivity contribution in [2.24, 2.45) is 0 Å². The van der Waals surface area contributed by atoms with Crippen LogP contribution in [0.25, 0.3) is 66.1 Å². The van der Waals surface area contributed by atoms with Crippen LogP contribution in [0.5, 0.6) is 0 Å². The van der Waals surface area contributed by atoms with Crippen LogP contribution in [0.15, 0.2) is 212 Å². The van der Waals surface area contributed by atoms with Crippen molar-refractivity contribution in [1.82, 2.24) is 0 Å². The van der Waals surface area contributed by atoms with Gasteiger partial charge in [-0.3, -0.25) is 0 Å². The maximum absolute atomic E-state index is 2.38. The number of anilines is 3. The summed E-state index contributed by atoms with van der Waals surface area (Å²) in [5, 5.41) is 4.94. The van der Waals surface area contributed by atoms with E-state index < -0.39 is 0 Å². The van der Waals surface area contributed by atoms with E-state index in [9.17, 15) is 0 Å². The maximum atomic E-state index is 2.38. The molecule has 9 rings (SSSR count). The molecule has 0 spiro atoms. The zero-order valence-corrected chi connectivity index (χ0v) is 28.2. The molecule has 0 N–H and O–H groups in total. The number of hydrogen-bond acceptors (Lipinski definition) is 1. The van der Waals surface area contributed by atoms with Gasteiger partial charge in [0.05, 0.1) is 5.69 Å². The predicted molar refractivity (Wildman–Crippen MR) is 218 cm³/mol. The summed E-state index contributed by atoms with van der Waals surface area (Å²) in [4.78, 5) is 2.38. The summed E-state index contributed by atoms with van der Waals surface area (Å²) >= 11 is 0. The zero-order chi connectivity index (χ0) is 34.0. The lowest BCUT2D eigenvalue weighted by molar-refractivity contribution is 1.30. The summed E-state index contributed by atoms with van der Waals surface area (Å²) in [5.74, 6) is 0. The van der Waals surface area contributed by atoms with E-state index in [-0.39, 0.29) is 0 Å². The van der Waals surface area contributed by atoms with E-state index in [0.717, 1.165) is 17.1 Å². The molecule has 0 radical (unpaired) electrons. The molecule has 240 valence electrons. The molecule has 0 amide bonds. The second kappa shape index (κ2) is 13.3. The molecule has 0 atom stereocenters. The van der Waals surface area contributed by atoms with Crippen LogP contribution in [0, 0.1) is 0 Å². The molecule has 0 saturated carbocycles. The van der Waals surface area contributed by atoms with Crippen molar-refractivity contribution in [3.8, 4) is 44.5 Å². The molecule has 0 fully saturated rings. The van der Waals surface area contributed by atoms with E-state index in [2.05, 4.69) is 217 Å². The fourth-order valence-corrected chi connectivity index (χ4v) is 7.26. The highest BCUT2D eigenvalue weighted by atomic mass is 15.1. The summed E-state index contributed by atoms with van der Waals surface area (Å²) in [6, 6.07) is 76.6. The highest BCUT2D eigenvalue weighted by Crippen LogP contribution is 2.41. The van der Waals surface area contributed by atoms with Crippen LogP contribution >= 0.6 is 0 Å². The number of rotatable bonds is 7. The van der Waals surface area contributed by atoms with Gasteiger partial charge in [-0.05, 0) is 103 Å². The van der Waals surface area contributed by atoms with Crippen LogP contribution < -0.4 is 4.90 Å². The van der Waals surface area contributed by atoms with Crippen LogP contribution in [0.1, 0.15) is 0 Å². The fourth-order valence-electron chi connectivity index (χ4n) is 7.26. The van der Waals surface area contributed by atoms with Gasteiger partial charge in [-0.2, -0.15) is 0 Å². The van der Waals surface area contributed by atoms with Crippen molar-refractivity contribution < 1.29 is 0 Å². The molecule has 0 heterocycles. The zero-order valence-electron chi connectivity index (χ0n) is 28.2. The Morgan fingerprint density at radius 3 is 1.41 bits per heavy atom. The molecule has 0 bridgehead atoms. The summed E-state index contributed by atoms with van der Waals surface area (Å²) in [5.41, 5.74) is 13.1. The van der Waals surface area contributed by atoms with Crippen LogP contribution in [0.3, 0.4) is 0 Å². The SMILES string of the molecule is c1ccc(-c2ccc(-c3ccc(N(c4ccc(-c5ccc6ccccc6c5)cc4)c4cccc5ccccc45)cc3)cc2-c2ccccc2)cc1. The van der Waals surface area contributed by atoms with Gasteiger partial charge in [0.15, 0.2) is 0 Å². The third-order valence-electron chi connectivity index (χ3n) is 9.86. The van der Waals surface area contributed by atoms with Gasteiger partial charge in [-0.25, -0.2) is 0 Å². The molecule has 9 aromatic carbocycles.